The van der Waals surface area contributed by atoms with Crippen LogP contribution in [-0.4, -0.2) is 16.6 Å². The molecular formula is C16H16BrNO2S. The van der Waals surface area contributed by atoms with Gasteiger partial charge in [0.1, 0.15) is 5.75 Å². The van der Waals surface area contributed by atoms with E-state index >= 15 is 0 Å². The van der Waals surface area contributed by atoms with Crippen molar-refractivity contribution in [3.05, 3.63) is 52.0 Å². The summed E-state index contributed by atoms with van der Waals surface area (Å²) < 4.78 is 18.7. The van der Waals surface area contributed by atoms with E-state index in [4.69, 9.17) is 10.5 Å². The Bertz CT molecular complexity index is 703. The Morgan fingerprint density at radius 2 is 2.10 bits per heavy atom. The highest BCUT2D eigenvalue weighted by Crippen LogP contribution is 2.27. The van der Waals surface area contributed by atoms with Crippen molar-refractivity contribution in [1.82, 2.24) is 0 Å². The van der Waals surface area contributed by atoms with E-state index in [1.54, 1.807) is 12.1 Å². The summed E-state index contributed by atoms with van der Waals surface area (Å²) in [6.07, 6.45) is 1.76. The summed E-state index contributed by atoms with van der Waals surface area (Å²) in [6, 6.07) is 11.6. The molecule has 1 unspecified atom stereocenters. The van der Waals surface area contributed by atoms with Crippen LogP contribution in [0.4, 0.5) is 5.69 Å². The molecule has 0 aromatic heterocycles. The minimum atomic E-state index is -1.04. The Kier molecular flexibility index (Phi) is 4.31. The quantitative estimate of drug-likeness (QED) is 0.845. The molecule has 0 aliphatic carbocycles. The maximum absolute atomic E-state index is 12.4. The van der Waals surface area contributed by atoms with E-state index in [1.165, 1.54) is 11.1 Å². The monoisotopic (exact) mass is 365 g/mol. The van der Waals surface area contributed by atoms with E-state index < -0.39 is 10.8 Å². The summed E-state index contributed by atoms with van der Waals surface area (Å²) in [6.45, 7) is 0.767. The van der Waals surface area contributed by atoms with Gasteiger partial charge in [-0.3, -0.25) is 4.21 Å². The van der Waals surface area contributed by atoms with Gasteiger partial charge in [0.2, 0.25) is 0 Å². The molecule has 2 aromatic rings. The molecule has 0 fully saturated rings. The van der Waals surface area contributed by atoms with Crippen molar-refractivity contribution in [2.75, 3.05) is 18.1 Å². The summed E-state index contributed by atoms with van der Waals surface area (Å²) in [5.74, 6) is 1.59. The topological polar surface area (TPSA) is 52.3 Å². The Morgan fingerprint density at radius 3 is 2.90 bits per heavy atom. The van der Waals surface area contributed by atoms with Gasteiger partial charge in [0.25, 0.3) is 0 Å². The van der Waals surface area contributed by atoms with Crippen molar-refractivity contribution < 1.29 is 8.95 Å². The number of hydrogen-bond donors (Lipinski definition) is 1. The second kappa shape index (κ2) is 6.20. The highest BCUT2D eigenvalue weighted by atomic mass is 79.9. The second-order valence-corrected chi connectivity index (χ2v) is 7.42. The zero-order chi connectivity index (χ0) is 14.8. The molecule has 21 heavy (non-hydrogen) atoms. The Labute approximate surface area is 135 Å². The van der Waals surface area contributed by atoms with Crippen LogP contribution in [0, 0.1) is 0 Å². The van der Waals surface area contributed by atoms with E-state index in [9.17, 15) is 4.21 Å². The summed E-state index contributed by atoms with van der Waals surface area (Å²) in [5.41, 5.74) is 8.84. The summed E-state index contributed by atoms with van der Waals surface area (Å²) in [4.78, 5) is 0.800. The molecule has 0 spiro atoms. The highest BCUT2D eigenvalue weighted by molar-refractivity contribution is 9.10. The number of benzene rings is 2. The van der Waals surface area contributed by atoms with Crippen LogP contribution in [0.25, 0.3) is 0 Å². The lowest BCUT2D eigenvalue weighted by Crippen LogP contribution is -2.03. The van der Waals surface area contributed by atoms with E-state index in [0.717, 1.165) is 34.6 Å². The maximum Gasteiger partial charge on any atom is 0.122 e. The van der Waals surface area contributed by atoms with Crippen LogP contribution in [0.3, 0.4) is 0 Å². The Hall–Kier alpha value is -1.33. The first kappa shape index (κ1) is 14.6. The number of rotatable bonds is 4. The lowest BCUT2D eigenvalue weighted by Gasteiger charge is -2.07. The maximum atomic E-state index is 12.4. The predicted octanol–water partition coefficient (Wildman–Crippen LogP) is 3.32. The third kappa shape index (κ3) is 3.30. The molecule has 0 saturated carbocycles. The van der Waals surface area contributed by atoms with Gasteiger partial charge in [-0.1, -0.05) is 12.1 Å². The van der Waals surface area contributed by atoms with E-state index in [1.807, 2.05) is 12.1 Å². The molecule has 0 amide bonds. The molecule has 1 atom stereocenters. The van der Waals surface area contributed by atoms with Crippen LogP contribution in [0.2, 0.25) is 0 Å². The summed E-state index contributed by atoms with van der Waals surface area (Å²) >= 11 is 3.42. The van der Waals surface area contributed by atoms with E-state index in [2.05, 4.69) is 28.1 Å². The Morgan fingerprint density at radius 1 is 1.24 bits per heavy atom. The first-order valence-electron chi connectivity index (χ1n) is 6.81. The number of anilines is 1. The standard InChI is InChI=1S/C16H16BrNO2S/c17-14-10-13(18)2-4-16(14)21(19)8-6-11-1-3-15-12(9-11)5-7-20-15/h1-4,9-10H,5-8,18H2. The number of nitrogens with two attached hydrogens (primary N) is 1. The van der Waals surface area contributed by atoms with Crippen LogP contribution < -0.4 is 10.5 Å². The van der Waals surface area contributed by atoms with E-state index in [-0.39, 0.29) is 0 Å². The van der Waals surface area contributed by atoms with Crippen molar-refractivity contribution in [3.63, 3.8) is 0 Å². The fraction of sp³-hybridized carbons (Fsp3) is 0.250. The molecular weight excluding hydrogens is 350 g/mol. The zero-order valence-corrected chi connectivity index (χ0v) is 13.9. The summed E-state index contributed by atoms with van der Waals surface area (Å²) in [5, 5.41) is 0. The SMILES string of the molecule is Nc1ccc(S(=O)CCc2ccc3c(c2)CCO3)c(Br)c1. The molecule has 3 rings (SSSR count). The molecule has 2 N–H and O–H groups in total. The fourth-order valence-corrected chi connectivity index (χ4v) is 4.49. The molecule has 1 aliphatic heterocycles. The molecule has 1 aliphatic rings. The number of fused-ring (bicyclic) bond motifs is 1. The van der Waals surface area contributed by atoms with Gasteiger partial charge in [-0.05, 0) is 57.7 Å². The normalized spacial score (nSPS) is 14.5. The lowest BCUT2D eigenvalue weighted by molar-refractivity contribution is 0.357. The molecule has 1 heterocycles. The third-order valence-corrected chi connectivity index (χ3v) is 5.87. The molecule has 2 aromatic carbocycles. The van der Waals surface area contributed by atoms with Crippen molar-refractivity contribution >= 4 is 32.4 Å². The van der Waals surface area contributed by atoms with Gasteiger partial charge in [-0.2, -0.15) is 0 Å². The van der Waals surface area contributed by atoms with Crippen molar-refractivity contribution in [3.8, 4) is 5.75 Å². The average molecular weight is 366 g/mol. The minimum absolute atomic E-state index is 0.599. The van der Waals surface area contributed by atoms with Gasteiger partial charge in [-0.15, -0.1) is 0 Å². The molecule has 0 bridgehead atoms. The van der Waals surface area contributed by atoms with Gasteiger partial charge in [-0.25, -0.2) is 0 Å². The van der Waals surface area contributed by atoms with Gasteiger partial charge >= 0.3 is 0 Å². The molecule has 0 saturated heterocycles. The van der Waals surface area contributed by atoms with Crippen LogP contribution >= 0.6 is 15.9 Å². The van der Waals surface area contributed by atoms with Gasteiger partial charge < -0.3 is 10.5 Å². The highest BCUT2D eigenvalue weighted by Gasteiger charge is 2.13. The number of ether oxygens (including phenoxy) is 1. The van der Waals surface area contributed by atoms with Crippen LogP contribution in [0.15, 0.2) is 45.8 Å². The first-order chi connectivity index (χ1) is 10.1. The molecule has 5 heteroatoms. The number of aryl methyl sites for hydroxylation is 1. The number of hydrogen-bond acceptors (Lipinski definition) is 3. The minimum Gasteiger partial charge on any atom is -0.493 e. The van der Waals surface area contributed by atoms with Crippen molar-refractivity contribution in [2.45, 2.75) is 17.7 Å². The van der Waals surface area contributed by atoms with Crippen LogP contribution in [0.5, 0.6) is 5.75 Å². The zero-order valence-electron chi connectivity index (χ0n) is 11.5. The fourth-order valence-electron chi connectivity index (χ4n) is 2.42. The van der Waals surface area contributed by atoms with Crippen LogP contribution in [-0.2, 0) is 23.6 Å². The Balaban J connectivity index is 1.68. The largest absolute Gasteiger partial charge is 0.493 e. The second-order valence-electron chi connectivity index (χ2n) is 5.03. The smallest absolute Gasteiger partial charge is 0.122 e. The van der Waals surface area contributed by atoms with Gasteiger partial charge in [0, 0.05) is 22.3 Å². The lowest BCUT2D eigenvalue weighted by atomic mass is 10.1. The summed E-state index contributed by atoms with van der Waals surface area (Å²) in [7, 11) is -1.04. The molecule has 110 valence electrons. The average Bonchev–Trinajstić information content (AvgIpc) is 2.92. The predicted molar refractivity (Wildman–Crippen MR) is 89.2 cm³/mol. The number of halogens is 1. The number of nitrogen functional groups attached to an aromatic ring is 1. The van der Waals surface area contributed by atoms with Gasteiger partial charge in [0.15, 0.2) is 0 Å². The van der Waals surface area contributed by atoms with E-state index in [0.29, 0.717) is 11.4 Å². The van der Waals surface area contributed by atoms with Crippen LogP contribution in [0.1, 0.15) is 11.1 Å². The van der Waals surface area contributed by atoms with Crippen molar-refractivity contribution in [2.24, 2.45) is 0 Å². The molecule has 0 radical (unpaired) electrons. The van der Waals surface area contributed by atoms with Gasteiger partial charge in [0.05, 0.1) is 22.3 Å². The first-order valence-corrected chi connectivity index (χ1v) is 8.93. The molecule has 3 nitrogen and oxygen atoms in total. The third-order valence-electron chi connectivity index (χ3n) is 3.53. The van der Waals surface area contributed by atoms with Crippen molar-refractivity contribution in [1.29, 1.82) is 0 Å².